The standard InChI is InChI=1S/C40H52BrFN4O13Si/c1-39(2,3)58-38(52)43-26(16-21-17-28(47)34(56-8)29(48)18-21)35(49)44-31(22-13-15-30(55-7)24(41)19-22)36(50)45-32(37(51)57-9)33(59-60(10,11)40(4,5)6)23-12-14-25(42)27(20-23)46(53)54/h12-15,17-20,26,31-33,47-48H,16H2,1-11H3,(H,43,52)(H,44,49)(H,45,50)/t26-,31-,32-,33-/m1/s1. The summed E-state index contributed by atoms with van der Waals surface area (Å²) >= 11 is 3.39. The van der Waals surface area contributed by atoms with Crippen LogP contribution in [0, 0.1) is 15.9 Å². The number of carbonyl (C=O) groups excluding carboxylic acids is 4. The molecule has 0 saturated carbocycles. The molecular formula is C40H52BrFN4O13Si. The number of methoxy groups -OCH3 is 3. The van der Waals surface area contributed by atoms with Crippen LogP contribution < -0.4 is 25.4 Å². The summed E-state index contributed by atoms with van der Waals surface area (Å²) in [7, 11) is 0.774. The lowest BCUT2D eigenvalue weighted by Crippen LogP contribution is -2.55. The maximum Gasteiger partial charge on any atom is 0.408 e. The molecule has 0 heterocycles. The van der Waals surface area contributed by atoms with Gasteiger partial charge in [-0.05, 0) is 102 Å². The summed E-state index contributed by atoms with van der Waals surface area (Å²) < 4.78 is 42.5. The SMILES string of the molecule is COC(=O)[C@H](NC(=O)[C@H](NC(=O)[C@@H](Cc1cc(O)c(OC)c(O)c1)NC(=O)OC(C)(C)C)c1ccc(OC)c(Br)c1)[C@H](O[Si](C)(C)C(C)(C)C)c1ccc(F)c([N+](=O)[O-])c1. The molecule has 0 bridgehead atoms. The first-order chi connectivity index (χ1) is 27.7. The van der Waals surface area contributed by atoms with E-state index in [1.165, 1.54) is 50.6 Å². The van der Waals surface area contributed by atoms with Crippen LogP contribution in [-0.2, 0) is 34.7 Å². The molecule has 0 unspecified atom stereocenters. The molecule has 20 heteroatoms. The average Bonchev–Trinajstić information content (AvgIpc) is 3.13. The smallest absolute Gasteiger partial charge is 0.408 e. The predicted octanol–water partition coefficient (Wildman–Crippen LogP) is 6.64. The molecule has 0 spiro atoms. The molecule has 60 heavy (non-hydrogen) atoms. The molecule has 0 aliphatic carbocycles. The molecule has 0 aliphatic rings. The quantitative estimate of drug-likeness (QED) is 0.0439. The number of halogens is 2. The van der Waals surface area contributed by atoms with Crippen molar-refractivity contribution in [3.05, 3.63) is 85.6 Å². The number of phenolic OH excluding ortho intramolecular Hbond substituents is 2. The number of ether oxygens (including phenoxy) is 4. The van der Waals surface area contributed by atoms with Crippen LogP contribution in [0.3, 0.4) is 0 Å². The van der Waals surface area contributed by atoms with Crippen LogP contribution >= 0.6 is 15.9 Å². The summed E-state index contributed by atoms with van der Waals surface area (Å²) in [6.45, 7) is 14.2. The van der Waals surface area contributed by atoms with Gasteiger partial charge in [-0.2, -0.15) is 4.39 Å². The molecule has 0 aliphatic heterocycles. The van der Waals surface area contributed by atoms with Crippen LogP contribution in [0.4, 0.5) is 14.9 Å². The molecule has 4 atom stereocenters. The van der Waals surface area contributed by atoms with Crippen LogP contribution in [0.1, 0.15) is 70.4 Å². The van der Waals surface area contributed by atoms with E-state index in [2.05, 4.69) is 31.9 Å². The van der Waals surface area contributed by atoms with E-state index in [9.17, 15) is 43.9 Å². The highest BCUT2D eigenvalue weighted by molar-refractivity contribution is 9.10. The number of aromatic hydroxyl groups is 2. The van der Waals surface area contributed by atoms with Gasteiger partial charge in [0, 0.05) is 12.5 Å². The van der Waals surface area contributed by atoms with Gasteiger partial charge in [-0.25, -0.2) is 9.59 Å². The third-order valence-corrected chi connectivity index (χ3v) is 14.7. The maximum atomic E-state index is 14.7. The molecule has 0 aromatic heterocycles. The van der Waals surface area contributed by atoms with Crippen molar-refractivity contribution in [3.8, 4) is 23.0 Å². The van der Waals surface area contributed by atoms with E-state index in [0.29, 0.717) is 10.2 Å². The molecular weight excluding hydrogens is 871 g/mol. The van der Waals surface area contributed by atoms with Crippen LogP contribution in [0.15, 0.2) is 53.0 Å². The highest BCUT2D eigenvalue weighted by atomic mass is 79.9. The summed E-state index contributed by atoms with van der Waals surface area (Å²) in [5.41, 5.74) is -1.60. The van der Waals surface area contributed by atoms with E-state index in [0.717, 1.165) is 19.2 Å². The zero-order valence-electron chi connectivity index (χ0n) is 35.2. The number of benzene rings is 3. The Morgan fingerprint density at radius 1 is 0.867 bits per heavy atom. The van der Waals surface area contributed by atoms with E-state index in [1.54, 1.807) is 20.8 Å². The second kappa shape index (κ2) is 19.7. The number of alkyl carbamates (subject to hydrolysis) is 1. The van der Waals surface area contributed by atoms with Crippen molar-refractivity contribution in [2.75, 3.05) is 21.3 Å². The lowest BCUT2D eigenvalue weighted by atomic mass is 9.99. The molecule has 0 fully saturated rings. The Morgan fingerprint density at radius 3 is 1.97 bits per heavy atom. The fraction of sp³-hybridized carbons (Fsp3) is 0.450. The highest BCUT2D eigenvalue weighted by Crippen LogP contribution is 2.42. The van der Waals surface area contributed by atoms with E-state index in [1.807, 2.05) is 33.9 Å². The highest BCUT2D eigenvalue weighted by Gasteiger charge is 2.45. The van der Waals surface area contributed by atoms with E-state index < -0.39 is 95.0 Å². The number of esters is 1. The second-order valence-electron chi connectivity index (χ2n) is 16.2. The molecule has 0 radical (unpaired) electrons. The first kappa shape index (κ1) is 48.9. The van der Waals surface area contributed by atoms with Gasteiger partial charge in [-0.15, -0.1) is 0 Å². The van der Waals surface area contributed by atoms with Gasteiger partial charge in [0.15, 0.2) is 25.9 Å². The van der Waals surface area contributed by atoms with Gasteiger partial charge in [-0.1, -0.05) is 32.9 Å². The predicted molar refractivity (Wildman–Crippen MR) is 223 cm³/mol. The molecule has 17 nitrogen and oxygen atoms in total. The fourth-order valence-corrected chi connectivity index (χ4v) is 7.39. The number of nitrogens with one attached hydrogen (secondary N) is 3. The van der Waals surface area contributed by atoms with Gasteiger partial charge in [0.25, 0.3) is 0 Å². The minimum absolute atomic E-state index is 0.0241. The first-order valence-corrected chi connectivity index (χ1v) is 22.2. The summed E-state index contributed by atoms with van der Waals surface area (Å²) in [6, 6.07) is 4.92. The molecule has 328 valence electrons. The number of hydrogen-bond donors (Lipinski definition) is 5. The van der Waals surface area contributed by atoms with Crippen molar-refractivity contribution in [1.82, 2.24) is 16.0 Å². The molecule has 3 aromatic carbocycles. The van der Waals surface area contributed by atoms with Gasteiger partial charge >= 0.3 is 17.7 Å². The average molecular weight is 924 g/mol. The number of phenols is 2. The van der Waals surface area contributed by atoms with Crippen LogP contribution in [0.25, 0.3) is 0 Å². The third kappa shape index (κ3) is 12.5. The normalized spacial score (nSPS) is 13.8. The van der Waals surface area contributed by atoms with Crippen LogP contribution in [-0.4, -0.2) is 86.3 Å². The van der Waals surface area contributed by atoms with Gasteiger partial charge in [-0.3, -0.25) is 19.7 Å². The molecule has 0 saturated heterocycles. The maximum absolute atomic E-state index is 14.7. The number of amides is 3. The number of rotatable bonds is 16. The number of carbonyl (C=O) groups is 4. The lowest BCUT2D eigenvalue weighted by molar-refractivity contribution is -0.387. The zero-order valence-corrected chi connectivity index (χ0v) is 37.8. The monoisotopic (exact) mass is 922 g/mol. The Hall–Kier alpha value is -5.47. The summed E-state index contributed by atoms with van der Waals surface area (Å²) in [5.74, 6) is -4.93. The summed E-state index contributed by atoms with van der Waals surface area (Å²) in [6.07, 6.45) is -2.84. The minimum atomic E-state index is -2.92. The van der Waals surface area contributed by atoms with Gasteiger partial charge in [0.1, 0.15) is 29.5 Å². The second-order valence-corrected chi connectivity index (χ2v) is 21.8. The minimum Gasteiger partial charge on any atom is -0.504 e. The van der Waals surface area contributed by atoms with Gasteiger partial charge in [0.2, 0.25) is 23.4 Å². The lowest BCUT2D eigenvalue weighted by Gasteiger charge is -2.41. The molecule has 5 N–H and O–H groups in total. The third-order valence-electron chi connectivity index (χ3n) is 9.60. The van der Waals surface area contributed by atoms with Crippen LogP contribution in [0.2, 0.25) is 18.1 Å². The number of nitrogens with zero attached hydrogens (tertiary/aromatic N) is 1. The zero-order chi connectivity index (χ0) is 45.5. The van der Waals surface area contributed by atoms with E-state index >= 15 is 0 Å². The topological polar surface area (TPSA) is 234 Å². The Morgan fingerprint density at radius 2 is 1.47 bits per heavy atom. The van der Waals surface area contributed by atoms with Gasteiger partial charge < -0.3 is 49.5 Å². The fourth-order valence-electron chi connectivity index (χ4n) is 5.57. The largest absolute Gasteiger partial charge is 0.504 e. The van der Waals surface area contributed by atoms with Crippen molar-refractivity contribution >= 4 is 53.8 Å². The van der Waals surface area contributed by atoms with E-state index in [4.69, 9.17) is 23.4 Å². The van der Waals surface area contributed by atoms with Gasteiger partial charge in [0.05, 0.1) is 30.7 Å². The summed E-state index contributed by atoms with van der Waals surface area (Å²) in [4.78, 5) is 66.7. The first-order valence-electron chi connectivity index (χ1n) is 18.5. The van der Waals surface area contributed by atoms with Crippen molar-refractivity contribution in [2.45, 2.75) is 95.9 Å². The number of nitro benzene ring substituents is 1. The van der Waals surface area contributed by atoms with Crippen molar-refractivity contribution in [1.29, 1.82) is 0 Å². The number of nitro groups is 1. The Kier molecular flexibility index (Phi) is 16.1. The van der Waals surface area contributed by atoms with E-state index in [-0.39, 0.29) is 28.9 Å². The molecule has 3 aromatic rings. The Balaban J connectivity index is 2.21. The summed E-state index contributed by atoms with van der Waals surface area (Å²) in [5, 5.41) is 40.0. The Bertz CT molecular complexity index is 2070. The molecule has 3 amide bonds. The van der Waals surface area contributed by atoms with Crippen molar-refractivity contribution < 1.29 is 62.1 Å². The number of hydrogen-bond acceptors (Lipinski definition) is 13. The Labute approximate surface area is 356 Å². The molecule has 3 rings (SSSR count). The van der Waals surface area contributed by atoms with Crippen molar-refractivity contribution in [3.63, 3.8) is 0 Å². The van der Waals surface area contributed by atoms with Crippen LogP contribution in [0.5, 0.6) is 23.0 Å². The van der Waals surface area contributed by atoms with Crippen molar-refractivity contribution in [2.24, 2.45) is 0 Å².